The van der Waals surface area contributed by atoms with Crippen molar-refractivity contribution < 1.29 is 14.7 Å². The molecule has 4 rings (SSSR count). The van der Waals surface area contributed by atoms with Gasteiger partial charge in [0.25, 0.3) is 0 Å². The summed E-state index contributed by atoms with van der Waals surface area (Å²) in [6.07, 6.45) is 9.89. The largest absolute Gasteiger partial charge is 0.508 e. The molecule has 1 aromatic carbocycles. The number of nitrogens with zero attached hydrogens (tertiary/aromatic N) is 2. The van der Waals surface area contributed by atoms with Gasteiger partial charge in [-0.05, 0) is 87.0 Å². The van der Waals surface area contributed by atoms with Gasteiger partial charge < -0.3 is 20.6 Å². The zero-order valence-electron chi connectivity index (χ0n) is 19.6. The molecule has 0 saturated carbocycles. The Morgan fingerprint density at radius 3 is 2.39 bits per heavy atom. The van der Waals surface area contributed by atoms with Crippen LogP contribution in [-0.2, 0) is 11.2 Å². The maximum absolute atomic E-state index is 13.0. The molecule has 0 aromatic heterocycles. The molecule has 0 spiro atoms. The van der Waals surface area contributed by atoms with E-state index >= 15 is 0 Å². The zero-order valence-corrected chi connectivity index (χ0v) is 21.1. The zero-order chi connectivity index (χ0) is 23.5. The number of aromatic hydroxyl groups is 1. The van der Waals surface area contributed by atoms with E-state index in [9.17, 15) is 14.7 Å². The second-order valence-electron chi connectivity index (χ2n) is 10.1. The van der Waals surface area contributed by atoms with Gasteiger partial charge in [0.2, 0.25) is 5.91 Å². The van der Waals surface area contributed by atoms with E-state index in [1.165, 1.54) is 16.7 Å². The molecular weight excluding hydrogens is 482 g/mol. The second-order valence-corrected chi connectivity index (χ2v) is 10.9. The summed E-state index contributed by atoms with van der Waals surface area (Å²) in [5.74, 6) is 1.72. The van der Waals surface area contributed by atoms with Crippen molar-refractivity contribution in [3.05, 3.63) is 39.4 Å². The number of urea groups is 1. The van der Waals surface area contributed by atoms with E-state index in [1.807, 2.05) is 17.0 Å². The highest BCUT2D eigenvalue weighted by Crippen LogP contribution is 2.43. The van der Waals surface area contributed by atoms with Gasteiger partial charge in [-0.15, -0.1) is 0 Å². The summed E-state index contributed by atoms with van der Waals surface area (Å²) in [5, 5.41) is 10.1. The molecule has 2 fully saturated rings. The molecule has 0 radical (unpaired) electrons. The van der Waals surface area contributed by atoms with Gasteiger partial charge in [-0.25, -0.2) is 4.79 Å². The molecular formula is C26H36BrN3O3. The molecule has 3 amide bonds. The number of carbonyl (C=O) groups excluding carboxylic acids is 2. The Balaban J connectivity index is 1.39. The van der Waals surface area contributed by atoms with E-state index < -0.39 is 0 Å². The number of nitrogens with two attached hydrogens (primary N) is 1. The van der Waals surface area contributed by atoms with Crippen LogP contribution in [0.25, 0.3) is 0 Å². The normalized spacial score (nSPS) is 24.4. The number of phenols is 1. The average Bonchev–Trinajstić information content (AvgIpc) is 2.77. The predicted octanol–water partition coefficient (Wildman–Crippen LogP) is 4.94. The number of aryl methyl sites for hydroxylation is 1. The monoisotopic (exact) mass is 517 g/mol. The number of hydrogen-bond donors (Lipinski definition) is 2. The van der Waals surface area contributed by atoms with Crippen LogP contribution in [0.5, 0.6) is 5.75 Å². The molecule has 3 N–H and O–H groups in total. The molecule has 1 atom stereocenters. The van der Waals surface area contributed by atoms with Crippen molar-refractivity contribution in [1.82, 2.24) is 9.80 Å². The number of halogens is 1. The fourth-order valence-corrected chi connectivity index (χ4v) is 6.64. The Morgan fingerprint density at radius 2 is 1.73 bits per heavy atom. The number of fused-ring (bicyclic) bond motifs is 1. The summed E-state index contributed by atoms with van der Waals surface area (Å²) in [4.78, 5) is 28.0. The van der Waals surface area contributed by atoms with E-state index in [2.05, 4.69) is 28.9 Å². The van der Waals surface area contributed by atoms with Gasteiger partial charge in [-0.1, -0.05) is 27.6 Å². The first-order valence-electron chi connectivity index (χ1n) is 12.3. The molecule has 6 nitrogen and oxygen atoms in total. The summed E-state index contributed by atoms with van der Waals surface area (Å²) in [5.41, 5.74) is 9.37. The van der Waals surface area contributed by atoms with Crippen LogP contribution >= 0.6 is 15.9 Å². The van der Waals surface area contributed by atoms with Gasteiger partial charge >= 0.3 is 6.03 Å². The first-order chi connectivity index (χ1) is 15.8. The lowest BCUT2D eigenvalue weighted by molar-refractivity contribution is -0.134. The van der Waals surface area contributed by atoms with E-state index in [0.29, 0.717) is 43.0 Å². The van der Waals surface area contributed by atoms with Crippen LogP contribution in [0.15, 0.2) is 28.3 Å². The number of piperidine rings is 2. The number of carbonyl (C=O) groups is 2. The van der Waals surface area contributed by atoms with Crippen LogP contribution < -0.4 is 5.73 Å². The molecule has 0 bridgehead atoms. The number of hydrogen-bond acceptors (Lipinski definition) is 3. The molecule has 3 aliphatic rings. The molecule has 2 aliphatic heterocycles. The molecule has 2 heterocycles. The molecule has 2 saturated heterocycles. The summed E-state index contributed by atoms with van der Waals surface area (Å²) >= 11 is 3.74. The minimum atomic E-state index is -0.358. The van der Waals surface area contributed by atoms with Crippen LogP contribution in [0.2, 0.25) is 0 Å². The maximum Gasteiger partial charge on any atom is 0.314 e. The third-order valence-electron chi connectivity index (χ3n) is 7.80. The number of benzene rings is 1. The highest BCUT2D eigenvalue weighted by atomic mass is 79.9. The minimum absolute atomic E-state index is 0.252. The summed E-state index contributed by atoms with van der Waals surface area (Å²) in [6, 6.07) is 3.39. The summed E-state index contributed by atoms with van der Waals surface area (Å²) in [6.45, 7) is 5.16. The number of amides is 3. The summed E-state index contributed by atoms with van der Waals surface area (Å²) < 4.78 is 0.995. The first kappa shape index (κ1) is 24.1. The van der Waals surface area contributed by atoms with Crippen molar-refractivity contribution >= 4 is 27.9 Å². The van der Waals surface area contributed by atoms with Gasteiger partial charge in [0, 0.05) is 43.0 Å². The lowest BCUT2D eigenvalue weighted by Gasteiger charge is -2.38. The lowest BCUT2D eigenvalue weighted by Crippen LogP contribution is -2.44. The number of primary amides is 1. The van der Waals surface area contributed by atoms with Crippen LogP contribution in [0.4, 0.5) is 4.79 Å². The Bertz CT molecular complexity index is 916. The molecule has 1 aliphatic carbocycles. The lowest BCUT2D eigenvalue weighted by atomic mass is 9.75. The fraction of sp³-hybridized carbons (Fsp3) is 0.615. The third kappa shape index (κ3) is 5.73. The van der Waals surface area contributed by atoms with Gasteiger partial charge in [-0.3, -0.25) is 4.79 Å². The predicted molar refractivity (Wildman–Crippen MR) is 133 cm³/mol. The van der Waals surface area contributed by atoms with Gasteiger partial charge in [0.05, 0.1) is 0 Å². The average molecular weight is 518 g/mol. The van der Waals surface area contributed by atoms with Gasteiger partial charge in [0.1, 0.15) is 5.75 Å². The van der Waals surface area contributed by atoms with Crippen LogP contribution in [0, 0.1) is 11.8 Å². The number of rotatable bonds is 3. The van der Waals surface area contributed by atoms with Crippen molar-refractivity contribution in [3.8, 4) is 5.75 Å². The molecule has 33 heavy (non-hydrogen) atoms. The maximum atomic E-state index is 13.0. The number of phenolic OH excluding ortho intramolecular Hbond substituents is 1. The van der Waals surface area contributed by atoms with E-state index in [0.717, 1.165) is 62.5 Å². The topological polar surface area (TPSA) is 86.9 Å². The van der Waals surface area contributed by atoms with Gasteiger partial charge in [-0.2, -0.15) is 0 Å². The smallest absolute Gasteiger partial charge is 0.314 e. The molecule has 180 valence electrons. The Kier molecular flexibility index (Phi) is 7.67. The SMILES string of the molecule is C/C1=C/C(C2CCN(C(=O)CC3CCN(C(N)=O)CC3)CC2)c2c(Br)cc(O)cc2CCC1. The van der Waals surface area contributed by atoms with Crippen molar-refractivity contribution in [3.63, 3.8) is 0 Å². The standard InChI is InChI=1S/C26H36BrN3O3/c1-17-3-2-4-20-15-21(31)16-23(27)25(20)22(13-17)19-7-11-29(12-8-19)24(32)14-18-5-9-30(10-6-18)26(28)33/h13,15-16,18-19,22,31H,2-12,14H2,1H3,(H2,28,33)/b17-13-. The molecule has 1 unspecified atom stereocenters. The van der Waals surface area contributed by atoms with Crippen molar-refractivity contribution in [2.24, 2.45) is 17.6 Å². The van der Waals surface area contributed by atoms with Crippen molar-refractivity contribution in [1.29, 1.82) is 0 Å². The summed E-state index contributed by atoms with van der Waals surface area (Å²) in [7, 11) is 0. The Labute approximate surface area is 205 Å². The van der Waals surface area contributed by atoms with Gasteiger partial charge in [0.15, 0.2) is 0 Å². The Morgan fingerprint density at radius 1 is 1.06 bits per heavy atom. The van der Waals surface area contributed by atoms with E-state index in [1.54, 1.807) is 4.90 Å². The number of allylic oxidation sites excluding steroid dienone is 2. The Hall–Kier alpha value is -2.02. The quantitative estimate of drug-likeness (QED) is 0.556. The molecule has 1 aromatic rings. The van der Waals surface area contributed by atoms with Crippen LogP contribution in [-0.4, -0.2) is 53.0 Å². The van der Waals surface area contributed by atoms with Crippen molar-refractivity contribution in [2.45, 2.75) is 64.2 Å². The minimum Gasteiger partial charge on any atom is -0.508 e. The third-order valence-corrected chi connectivity index (χ3v) is 8.46. The van der Waals surface area contributed by atoms with E-state index in [4.69, 9.17) is 5.73 Å². The second kappa shape index (κ2) is 10.5. The van der Waals surface area contributed by atoms with Crippen LogP contribution in [0.3, 0.4) is 0 Å². The molecule has 7 heteroatoms. The van der Waals surface area contributed by atoms with E-state index in [-0.39, 0.29) is 11.9 Å². The fourth-order valence-electron chi connectivity index (χ4n) is 5.88. The van der Waals surface area contributed by atoms with Crippen molar-refractivity contribution in [2.75, 3.05) is 26.2 Å². The first-order valence-corrected chi connectivity index (χ1v) is 13.1. The highest BCUT2D eigenvalue weighted by molar-refractivity contribution is 9.10. The highest BCUT2D eigenvalue weighted by Gasteiger charge is 2.32. The van der Waals surface area contributed by atoms with Crippen LogP contribution in [0.1, 0.15) is 68.9 Å². The number of likely N-dealkylation sites (tertiary alicyclic amines) is 2.